The summed E-state index contributed by atoms with van der Waals surface area (Å²) in [6.45, 7) is 4.67. The van der Waals surface area contributed by atoms with Crippen molar-refractivity contribution in [3.8, 4) is 12.8 Å². The van der Waals surface area contributed by atoms with E-state index in [-0.39, 0.29) is 23.5 Å². The number of carbonyl (C=O) groups excluding carboxylic acids is 3. The van der Waals surface area contributed by atoms with Crippen LogP contribution >= 0.6 is 0 Å². The second-order valence-electron chi connectivity index (χ2n) is 9.55. The number of aromatic amines is 1. The number of hydrogen-bond donors (Lipinski definition) is 3. The Hall–Kier alpha value is -4.92. The fourth-order valence-corrected chi connectivity index (χ4v) is 4.49. The first-order valence-corrected chi connectivity index (χ1v) is 13.4. The monoisotopic (exact) mass is 561 g/mol. The molecule has 0 unspecified atom stereocenters. The third kappa shape index (κ3) is 9.06. The van der Waals surface area contributed by atoms with Gasteiger partial charge in [0.05, 0.1) is 12.2 Å². The minimum Gasteiger partial charge on any atom is -0.461 e. The minimum atomic E-state index is -0.567. The number of aryl methyl sites for hydroxylation is 1. The van der Waals surface area contributed by atoms with Gasteiger partial charge in [-0.15, -0.1) is 12.8 Å². The normalized spacial score (nSPS) is 15.3. The second kappa shape index (κ2) is 15.0. The molecule has 2 aliphatic heterocycles. The SMILES string of the molecule is C#C.Cc1cc2cc(N=C(N)NC(=O)c3ccc(=O)[nH]n3)ccc2o1.O=C(CN1CCCCCC1=O)N1CCCC1. The van der Waals surface area contributed by atoms with Gasteiger partial charge in [-0.2, -0.15) is 5.10 Å². The maximum Gasteiger partial charge on any atom is 0.278 e. The van der Waals surface area contributed by atoms with Gasteiger partial charge in [0.15, 0.2) is 0 Å². The van der Waals surface area contributed by atoms with Gasteiger partial charge in [-0.25, -0.2) is 10.1 Å². The zero-order chi connectivity index (χ0) is 29.8. The number of nitrogens with zero attached hydrogens (tertiary/aromatic N) is 4. The lowest BCUT2D eigenvalue weighted by Gasteiger charge is -2.23. The molecule has 12 heteroatoms. The van der Waals surface area contributed by atoms with Crippen LogP contribution in [0, 0.1) is 19.8 Å². The van der Waals surface area contributed by atoms with Crippen molar-refractivity contribution in [2.75, 3.05) is 26.2 Å². The number of fused-ring (bicyclic) bond motifs is 1. The van der Waals surface area contributed by atoms with Crippen LogP contribution in [0.1, 0.15) is 54.8 Å². The first-order chi connectivity index (χ1) is 19.8. The number of rotatable bonds is 4. The highest BCUT2D eigenvalue weighted by molar-refractivity contribution is 6.04. The molecule has 2 fully saturated rings. The first-order valence-electron chi connectivity index (χ1n) is 13.4. The third-order valence-electron chi connectivity index (χ3n) is 6.48. The molecule has 3 aromatic rings. The van der Waals surface area contributed by atoms with Crippen molar-refractivity contribution in [3.05, 3.63) is 58.2 Å². The number of terminal acetylenes is 1. The topological polar surface area (TPSA) is 167 Å². The molecule has 0 aliphatic carbocycles. The predicted molar refractivity (Wildman–Crippen MR) is 155 cm³/mol. The molecule has 41 heavy (non-hydrogen) atoms. The smallest absolute Gasteiger partial charge is 0.278 e. The molecule has 0 saturated carbocycles. The summed E-state index contributed by atoms with van der Waals surface area (Å²) >= 11 is 0. The van der Waals surface area contributed by atoms with Crippen molar-refractivity contribution in [1.82, 2.24) is 25.3 Å². The molecule has 2 aliphatic rings. The summed E-state index contributed by atoms with van der Waals surface area (Å²) in [6, 6.07) is 9.67. The molecule has 216 valence electrons. The summed E-state index contributed by atoms with van der Waals surface area (Å²) in [5.74, 6) is 0.439. The molecule has 5 rings (SSSR count). The maximum atomic E-state index is 11.9. The van der Waals surface area contributed by atoms with Crippen molar-refractivity contribution >= 4 is 40.3 Å². The van der Waals surface area contributed by atoms with E-state index in [0.29, 0.717) is 18.7 Å². The summed E-state index contributed by atoms with van der Waals surface area (Å²) in [5, 5.41) is 9.07. The van der Waals surface area contributed by atoms with Gasteiger partial charge in [-0.1, -0.05) is 6.42 Å². The number of benzene rings is 1. The van der Waals surface area contributed by atoms with E-state index in [2.05, 4.69) is 33.4 Å². The van der Waals surface area contributed by atoms with Crippen LogP contribution < -0.4 is 16.6 Å². The van der Waals surface area contributed by atoms with E-state index in [1.54, 1.807) is 23.1 Å². The Morgan fingerprint density at radius 3 is 2.49 bits per heavy atom. The lowest BCUT2D eigenvalue weighted by molar-refractivity contribution is -0.139. The Kier molecular flexibility index (Phi) is 11.2. The molecular formula is C29H35N7O5. The van der Waals surface area contributed by atoms with Crippen molar-refractivity contribution in [2.24, 2.45) is 10.7 Å². The van der Waals surface area contributed by atoms with Crippen LogP contribution in [-0.4, -0.2) is 69.9 Å². The van der Waals surface area contributed by atoms with Crippen molar-refractivity contribution in [1.29, 1.82) is 0 Å². The van der Waals surface area contributed by atoms with Gasteiger partial charge in [-0.3, -0.25) is 24.5 Å². The van der Waals surface area contributed by atoms with Crippen LogP contribution in [0.3, 0.4) is 0 Å². The number of likely N-dealkylation sites (tertiary alicyclic amines) is 2. The van der Waals surface area contributed by atoms with Crippen LogP contribution in [0.25, 0.3) is 11.0 Å². The fourth-order valence-electron chi connectivity index (χ4n) is 4.49. The standard InChI is InChI=1S/C15H13N5O3.C12H20N2O2.C2H2/c1-8-6-9-7-10(2-4-12(9)23-8)17-15(16)18-14(22)11-3-5-13(21)20-19-11;15-11-6-2-1-3-9-14(11)10-12(16)13-7-4-5-8-13;1-2/h2-7H,1H3,(H,20,21)(H3,16,17,18,22);1-10H2;1-2H. The number of hydrogen-bond acceptors (Lipinski definition) is 7. The predicted octanol–water partition coefficient (Wildman–Crippen LogP) is 2.46. The molecule has 2 saturated heterocycles. The van der Waals surface area contributed by atoms with E-state index in [1.165, 1.54) is 12.1 Å². The highest BCUT2D eigenvalue weighted by Crippen LogP contribution is 2.24. The highest BCUT2D eigenvalue weighted by atomic mass is 16.3. The van der Waals surface area contributed by atoms with Gasteiger partial charge < -0.3 is 20.0 Å². The fraction of sp³-hybridized carbons (Fsp3) is 0.379. The number of guanidine groups is 1. The summed E-state index contributed by atoms with van der Waals surface area (Å²) in [5.41, 5.74) is 6.68. The van der Waals surface area contributed by atoms with E-state index in [9.17, 15) is 19.2 Å². The molecule has 0 spiro atoms. The van der Waals surface area contributed by atoms with E-state index in [1.807, 2.05) is 17.9 Å². The van der Waals surface area contributed by atoms with Gasteiger partial charge in [0, 0.05) is 37.5 Å². The number of amides is 3. The van der Waals surface area contributed by atoms with E-state index < -0.39 is 11.5 Å². The summed E-state index contributed by atoms with van der Waals surface area (Å²) in [7, 11) is 0. The van der Waals surface area contributed by atoms with Gasteiger partial charge in [0.25, 0.3) is 11.5 Å². The third-order valence-corrected chi connectivity index (χ3v) is 6.48. The van der Waals surface area contributed by atoms with Gasteiger partial charge in [0.2, 0.25) is 17.8 Å². The molecule has 12 nitrogen and oxygen atoms in total. The molecular weight excluding hydrogens is 526 g/mol. The Labute approximate surface area is 238 Å². The van der Waals surface area contributed by atoms with E-state index in [0.717, 1.165) is 68.5 Å². The molecule has 0 radical (unpaired) electrons. The second-order valence-corrected chi connectivity index (χ2v) is 9.55. The zero-order valence-electron chi connectivity index (χ0n) is 23.1. The summed E-state index contributed by atoms with van der Waals surface area (Å²) < 4.78 is 5.47. The first kappa shape index (κ1) is 30.6. The zero-order valence-corrected chi connectivity index (χ0v) is 23.1. The number of nitrogens with two attached hydrogens (primary N) is 1. The quantitative estimate of drug-likeness (QED) is 0.250. The molecule has 1 aromatic carbocycles. The van der Waals surface area contributed by atoms with Crippen LogP contribution in [0.15, 0.2) is 50.6 Å². The lowest BCUT2D eigenvalue weighted by atomic mass is 10.2. The van der Waals surface area contributed by atoms with Gasteiger partial charge in [-0.05, 0) is 62.9 Å². The van der Waals surface area contributed by atoms with Gasteiger partial charge in [0.1, 0.15) is 17.0 Å². The number of furan rings is 1. The number of carbonyl (C=O) groups is 3. The highest BCUT2D eigenvalue weighted by Gasteiger charge is 2.23. The molecule has 4 heterocycles. The summed E-state index contributed by atoms with van der Waals surface area (Å²) in [6.07, 6.45) is 14.0. The number of nitrogens with one attached hydrogen (secondary N) is 2. The number of H-pyrrole nitrogens is 1. The van der Waals surface area contributed by atoms with Gasteiger partial charge >= 0.3 is 0 Å². The average Bonchev–Trinajstić information content (AvgIpc) is 3.58. The maximum absolute atomic E-state index is 11.9. The number of aromatic nitrogens is 2. The lowest BCUT2D eigenvalue weighted by Crippen LogP contribution is -2.41. The molecule has 0 bridgehead atoms. The molecule has 3 amide bonds. The van der Waals surface area contributed by atoms with Crippen LogP contribution in [0.4, 0.5) is 5.69 Å². The summed E-state index contributed by atoms with van der Waals surface area (Å²) in [4.78, 5) is 54.2. The molecule has 4 N–H and O–H groups in total. The largest absolute Gasteiger partial charge is 0.461 e. The van der Waals surface area contributed by atoms with Crippen molar-refractivity contribution in [2.45, 2.75) is 45.4 Å². The minimum absolute atomic E-state index is 0.0312. The van der Waals surface area contributed by atoms with Crippen LogP contribution in [0.5, 0.6) is 0 Å². The number of aliphatic imine (C=N–C) groups is 1. The van der Waals surface area contributed by atoms with Crippen molar-refractivity contribution in [3.63, 3.8) is 0 Å². The Morgan fingerprint density at radius 1 is 1.05 bits per heavy atom. The Balaban J connectivity index is 0.000000225. The Bertz CT molecular complexity index is 1450. The molecule has 2 aromatic heterocycles. The van der Waals surface area contributed by atoms with E-state index >= 15 is 0 Å². The molecule has 0 atom stereocenters. The van der Waals surface area contributed by atoms with Crippen LogP contribution in [-0.2, 0) is 9.59 Å². The van der Waals surface area contributed by atoms with E-state index in [4.69, 9.17) is 10.2 Å². The van der Waals surface area contributed by atoms with Crippen molar-refractivity contribution < 1.29 is 18.8 Å². The average molecular weight is 562 g/mol. The Morgan fingerprint density at radius 2 is 1.78 bits per heavy atom. The van der Waals surface area contributed by atoms with Crippen LogP contribution in [0.2, 0.25) is 0 Å².